The van der Waals surface area contributed by atoms with Crippen LogP contribution in [-0.4, -0.2) is 31.1 Å². The van der Waals surface area contributed by atoms with E-state index in [1.165, 1.54) is 0 Å². The van der Waals surface area contributed by atoms with Crippen molar-refractivity contribution in [2.45, 2.75) is 45.2 Å². The van der Waals surface area contributed by atoms with Gasteiger partial charge in [-0.2, -0.15) is 0 Å². The maximum atomic E-state index is 13.4. The summed E-state index contributed by atoms with van der Waals surface area (Å²) in [6, 6.07) is 13.4. The highest BCUT2D eigenvalue weighted by Gasteiger charge is 2.25. The van der Waals surface area contributed by atoms with Crippen molar-refractivity contribution in [1.29, 1.82) is 0 Å². The molecule has 3 heterocycles. The van der Waals surface area contributed by atoms with Crippen molar-refractivity contribution in [2.75, 3.05) is 0 Å². The van der Waals surface area contributed by atoms with E-state index in [4.69, 9.17) is 11.6 Å². The third-order valence-electron chi connectivity index (χ3n) is 6.66. The molecule has 0 radical (unpaired) electrons. The van der Waals surface area contributed by atoms with Gasteiger partial charge in [-0.15, -0.1) is 0 Å². The highest BCUT2D eigenvalue weighted by atomic mass is 35.5. The van der Waals surface area contributed by atoms with Crippen LogP contribution in [0.25, 0.3) is 16.7 Å². The summed E-state index contributed by atoms with van der Waals surface area (Å²) in [5, 5.41) is 3.59. The fourth-order valence-electron chi connectivity index (χ4n) is 4.87. The van der Waals surface area contributed by atoms with E-state index in [2.05, 4.69) is 15.3 Å². The number of nitrogens with one attached hydrogen (secondary N) is 1. The lowest BCUT2D eigenvalue weighted by Gasteiger charge is -2.29. The average Bonchev–Trinajstić information content (AvgIpc) is 3.13. The van der Waals surface area contributed by atoms with Gasteiger partial charge in [0.1, 0.15) is 0 Å². The molecule has 0 spiro atoms. The molecule has 0 bridgehead atoms. The molecule has 0 unspecified atom stereocenters. The molecule has 1 amide bonds. The number of hydrogen-bond acceptors (Lipinski definition) is 4. The number of carbonyl (C=O) groups is 1. The van der Waals surface area contributed by atoms with Crippen LogP contribution in [0.15, 0.2) is 65.8 Å². The van der Waals surface area contributed by atoms with E-state index in [-0.39, 0.29) is 17.6 Å². The molecule has 0 atom stereocenters. The number of aryl methyl sites for hydroxylation is 1. The normalized spacial score (nSPS) is 18.2. The second-order valence-electron chi connectivity index (χ2n) is 8.91. The van der Waals surface area contributed by atoms with Gasteiger partial charge in [0.05, 0.1) is 39.2 Å². The third kappa shape index (κ3) is 4.35. The first kappa shape index (κ1) is 22.3. The quantitative estimate of drug-likeness (QED) is 0.459. The smallest absolute Gasteiger partial charge is 0.333 e. The van der Waals surface area contributed by atoms with Gasteiger partial charge in [0.15, 0.2) is 0 Å². The molecular formula is C26H26ClN5O2. The first-order valence-electron chi connectivity index (χ1n) is 11.5. The van der Waals surface area contributed by atoms with Crippen molar-refractivity contribution >= 4 is 28.5 Å². The lowest BCUT2D eigenvalue weighted by atomic mass is 9.85. The molecule has 174 valence electrons. The Morgan fingerprint density at radius 3 is 2.59 bits per heavy atom. The molecule has 1 N–H and O–H groups in total. The zero-order chi connectivity index (χ0) is 23.7. The summed E-state index contributed by atoms with van der Waals surface area (Å²) in [7, 11) is 0. The number of hydrogen-bond donors (Lipinski definition) is 1. The number of carbonyl (C=O) groups excluding carboxylic acids is 1. The number of aromatic nitrogens is 4. The van der Waals surface area contributed by atoms with E-state index < -0.39 is 0 Å². The van der Waals surface area contributed by atoms with E-state index >= 15 is 0 Å². The minimum Gasteiger partial charge on any atom is -0.349 e. The van der Waals surface area contributed by atoms with Crippen LogP contribution < -0.4 is 11.0 Å². The molecule has 1 fully saturated rings. The first-order valence-corrected chi connectivity index (χ1v) is 11.9. The van der Waals surface area contributed by atoms with Crippen LogP contribution in [0.2, 0.25) is 5.02 Å². The Morgan fingerprint density at radius 2 is 1.85 bits per heavy atom. The minimum atomic E-state index is -0.133. The molecule has 5 rings (SSSR count). The summed E-state index contributed by atoms with van der Waals surface area (Å²) >= 11 is 6.02. The molecule has 4 aromatic rings. The van der Waals surface area contributed by atoms with Gasteiger partial charge in [-0.25, -0.2) is 4.79 Å². The van der Waals surface area contributed by atoms with Crippen molar-refractivity contribution < 1.29 is 4.79 Å². The number of halogens is 1. The van der Waals surface area contributed by atoms with Crippen LogP contribution >= 0.6 is 11.6 Å². The third-order valence-corrected chi connectivity index (χ3v) is 6.87. The van der Waals surface area contributed by atoms with Gasteiger partial charge in [-0.1, -0.05) is 23.7 Å². The highest BCUT2D eigenvalue weighted by Crippen LogP contribution is 2.27. The molecule has 1 saturated carbocycles. The van der Waals surface area contributed by atoms with Gasteiger partial charge in [0, 0.05) is 25.0 Å². The van der Waals surface area contributed by atoms with E-state index in [9.17, 15) is 9.59 Å². The van der Waals surface area contributed by atoms with Crippen LogP contribution in [0.1, 0.15) is 41.7 Å². The van der Waals surface area contributed by atoms with Crippen molar-refractivity contribution in [2.24, 2.45) is 5.92 Å². The molecule has 8 heteroatoms. The molecule has 1 aliphatic rings. The first-order chi connectivity index (χ1) is 16.5. The minimum absolute atomic E-state index is 0.0476. The van der Waals surface area contributed by atoms with Gasteiger partial charge < -0.3 is 5.32 Å². The molecule has 7 nitrogen and oxygen atoms in total. The lowest BCUT2D eigenvalue weighted by Crippen LogP contribution is -2.39. The summed E-state index contributed by atoms with van der Waals surface area (Å²) < 4.78 is 3.61. The predicted octanol–water partition coefficient (Wildman–Crippen LogP) is 4.53. The number of rotatable bonds is 5. The Kier molecular flexibility index (Phi) is 6.20. The van der Waals surface area contributed by atoms with Crippen LogP contribution in [-0.2, 0) is 6.54 Å². The van der Waals surface area contributed by atoms with Crippen molar-refractivity contribution in [3.8, 4) is 5.69 Å². The Hall–Kier alpha value is -3.45. The van der Waals surface area contributed by atoms with Crippen molar-refractivity contribution in [1.82, 2.24) is 24.4 Å². The Labute approximate surface area is 202 Å². The zero-order valence-corrected chi connectivity index (χ0v) is 19.7. The van der Waals surface area contributed by atoms with Gasteiger partial charge in [0.25, 0.3) is 5.91 Å². The number of nitrogens with zero attached hydrogens (tertiary/aromatic N) is 4. The number of benzene rings is 1. The van der Waals surface area contributed by atoms with Gasteiger partial charge >= 0.3 is 5.69 Å². The van der Waals surface area contributed by atoms with Gasteiger partial charge in [-0.3, -0.25) is 23.9 Å². The topological polar surface area (TPSA) is 81.8 Å². The lowest BCUT2D eigenvalue weighted by molar-refractivity contribution is 0.0919. The van der Waals surface area contributed by atoms with E-state index in [0.717, 1.165) is 42.4 Å². The Balaban J connectivity index is 1.30. The standard InChI is InChI=1S/C26H26ClN5O2/c1-17-22(13-19(27)14-29-17)25(33)30-20-10-8-18(9-11-20)16-31-23-6-2-3-7-24(23)32(26(31)34)21-5-4-12-28-15-21/h2-7,12-15,18,20H,8-11,16H2,1H3,(H,30,33). The molecule has 0 saturated heterocycles. The average molecular weight is 476 g/mol. The highest BCUT2D eigenvalue weighted by molar-refractivity contribution is 6.30. The largest absolute Gasteiger partial charge is 0.349 e. The van der Waals surface area contributed by atoms with Crippen LogP contribution in [0.5, 0.6) is 0 Å². The molecule has 3 aromatic heterocycles. The maximum Gasteiger partial charge on any atom is 0.333 e. The van der Waals surface area contributed by atoms with E-state index in [1.807, 2.05) is 47.9 Å². The Morgan fingerprint density at radius 1 is 1.09 bits per heavy atom. The SMILES string of the molecule is Cc1ncc(Cl)cc1C(=O)NC1CCC(Cn2c(=O)n(-c3cccnc3)c3ccccc32)CC1. The van der Waals surface area contributed by atoms with E-state index in [1.54, 1.807) is 29.2 Å². The predicted molar refractivity (Wildman–Crippen MR) is 133 cm³/mol. The Bertz CT molecular complexity index is 1390. The number of amides is 1. The van der Waals surface area contributed by atoms with Gasteiger partial charge in [0.2, 0.25) is 0 Å². The summed E-state index contributed by atoms with van der Waals surface area (Å²) in [6.07, 6.45) is 8.59. The fourth-order valence-corrected chi connectivity index (χ4v) is 5.03. The second-order valence-corrected chi connectivity index (χ2v) is 9.34. The summed E-state index contributed by atoms with van der Waals surface area (Å²) in [6.45, 7) is 2.46. The molecule has 34 heavy (non-hydrogen) atoms. The van der Waals surface area contributed by atoms with Crippen LogP contribution in [0.3, 0.4) is 0 Å². The number of imidazole rings is 1. The second kappa shape index (κ2) is 9.43. The molecule has 0 aliphatic heterocycles. The number of pyridine rings is 2. The summed E-state index contributed by atoms with van der Waals surface area (Å²) in [4.78, 5) is 34.5. The molecule has 1 aromatic carbocycles. The van der Waals surface area contributed by atoms with Gasteiger partial charge in [-0.05, 0) is 68.9 Å². The van der Waals surface area contributed by atoms with E-state index in [0.29, 0.717) is 28.7 Å². The zero-order valence-electron chi connectivity index (χ0n) is 18.9. The fraction of sp³-hybridized carbons (Fsp3) is 0.308. The summed E-state index contributed by atoms with van der Waals surface area (Å²) in [5.74, 6) is 0.236. The molecular weight excluding hydrogens is 450 g/mol. The number of fused-ring (bicyclic) bond motifs is 1. The monoisotopic (exact) mass is 475 g/mol. The van der Waals surface area contributed by atoms with Crippen LogP contribution in [0, 0.1) is 12.8 Å². The van der Waals surface area contributed by atoms with Crippen LogP contribution in [0.4, 0.5) is 0 Å². The summed E-state index contributed by atoms with van der Waals surface area (Å²) in [5.41, 5.74) is 3.71. The molecule has 1 aliphatic carbocycles. The van der Waals surface area contributed by atoms with Crippen molar-refractivity contribution in [3.63, 3.8) is 0 Å². The maximum absolute atomic E-state index is 13.4. The van der Waals surface area contributed by atoms with Crippen molar-refractivity contribution in [3.05, 3.63) is 87.8 Å². The number of para-hydroxylation sites is 2.